The average molecular weight is 341 g/mol. The van der Waals surface area contributed by atoms with E-state index in [0.717, 1.165) is 5.56 Å². The van der Waals surface area contributed by atoms with Gasteiger partial charge in [0.15, 0.2) is 0 Å². The molecular weight excluding hydrogens is 318 g/mol. The van der Waals surface area contributed by atoms with Gasteiger partial charge in [-0.15, -0.1) is 0 Å². The number of aryl methyl sites for hydroxylation is 1. The van der Waals surface area contributed by atoms with Gasteiger partial charge in [-0.3, -0.25) is 14.6 Å². The van der Waals surface area contributed by atoms with Crippen LogP contribution in [0.2, 0.25) is 0 Å². The molecule has 0 spiro atoms. The molecule has 0 aliphatic carbocycles. The Labute approximate surface area is 147 Å². The van der Waals surface area contributed by atoms with Crippen molar-refractivity contribution in [3.05, 3.63) is 41.1 Å². The summed E-state index contributed by atoms with van der Waals surface area (Å²) < 4.78 is 0. The molecule has 1 fully saturated rings. The largest absolute Gasteiger partial charge is 0.399 e. The van der Waals surface area contributed by atoms with Crippen molar-refractivity contribution in [2.24, 2.45) is 10.7 Å². The molecule has 7 heteroatoms. The molecule has 0 bridgehead atoms. The number of hydrogen-bond acceptors (Lipinski definition) is 5. The van der Waals surface area contributed by atoms with Gasteiger partial charge >= 0.3 is 0 Å². The van der Waals surface area contributed by atoms with E-state index < -0.39 is 0 Å². The number of piperazine rings is 1. The van der Waals surface area contributed by atoms with Crippen LogP contribution in [0.5, 0.6) is 0 Å². The summed E-state index contributed by atoms with van der Waals surface area (Å²) in [6, 6.07) is 5.13. The van der Waals surface area contributed by atoms with Crippen LogP contribution >= 0.6 is 0 Å². The fourth-order valence-electron chi connectivity index (χ4n) is 2.98. The molecule has 1 aromatic carbocycles. The molecule has 1 saturated heterocycles. The number of carbonyl (C=O) groups is 2. The lowest BCUT2D eigenvalue weighted by atomic mass is 10.1. The second-order valence-electron chi connectivity index (χ2n) is 6.42. The molecule has 1 aromatic rings. The summed E-state index contributed by atoms with van der Waals surface area (Å²) in [6.07, 6.45) is 4.04. The number of anilines is 1. The second kappa shape index (κ2) is 7.06. The minimum absolute atomic E-state index is 0.0351. The van der Waals surface area contributed by atoms with Crippen LogP contribution in [0.4, 0.5) is 5.69 Å². The number of nitrogen functional groups attached to an aromatic ring is 1. The molecule has 1 atom stereocenters. The van der Waals surface area contributed by atoms with Crippen LogP contribution in [-0.2, 0) is 4.79 Å². The zero-order chi connectivity index (χ0) is 18.0. The number of carbonyl (C=O) groups excluding carboxylic acids is 2. The van der Waals surface area contributed by atoms with Gasteiger partial charge in [0.2, 0.25) is 0 Å². The molecule has 2 amide bonds. The van der Waals surface area contributed by atoms with Gasteiger partial charge in [0.25, 0.3) is 11.8 Å². The highest BCUT2D eigenvalue weighted by Crippen LogP contribution is 2.17. The topological polar surface area (TPSA) is 105 Å². The fourth-order valence-corrected chi connectivity index (χ4v) is 2.98. The van der Waals surface area contributed by atoms with Crippen molar-refractivity contribution >= 4 is 23.7 Å². The molecule has 0 aromatic heterocycles. The highest BCUT2D eigenvalue weighted by molar-refractivity contribution is 5.97. The van der Waals surface area contributed by atoms with Crippen LogP contribution in [0.25, 0.3) is 0 Å². The number of benzene rings is 1. The Kier molecular flexibility index (Phi) is 4.85. The number of aliphatic imine (C=N–C) groups is 1. The zero-order valence-corrected chi connectivity index (χ0v) is 14.3. The van der Waals surface area contributed by atoms with Crippen LogP contribution in [-0.4, -0.2) is 60.0 Å². The van der Waals surface area contributed by atoms with Gasteiger partial charge in [0.1, 0.15) is 5.70 Å². The first kappa shape index (κ1) is 17.2. The maximum absolute atomic E-state index is 12.6. The third-order valence-corrected chi connectivity index (χ3v) is 4.57. The van der Waals surface area contributed by atoms with Crippen molar-refractivity contribution in [1.29, 1.82) is 0 Å². The van der Waals surface area contributed by atoms with Crippen LogP contribution in [0.3, 0.4) is 0 Å². The van der Waals surface area contributed by atoms with Crippen LogP contribution in [0.15, 0.2) is 35.0 Å². The van der Waals surface area contributed by atoms with Gasteiger partial charge in [-0.05, 0) is 36.8 Å². The quantitative estimate of drug-likeness (QED) is 0.766. The molecule has 7 nitrogen and oxygen atoms in total. The van der Waals surface area contributed by atoms with Gasteiger partial charge in [-0.25, -0.2) is 0 Å². The van der Waals surface area contributed by atoms with E-state index >= 15 is 0 Å². The fraction of sp³-hybridized carbons (Fsp3) is 0.389. The first-order chi connectivity index (χ1) is 12.0. The van der Waals surface area contributed by atoms with Gasteiger partial charge in [-0.1, -0.05) is 0 Å². The SMILES string of the molecule is Cc1cc(C(=O)N2CCN(C(=O)C3=CC(N)CC=N3)CC2)ccc1N. The van der Waals surface area contributed by atoms with E-state index in [9.17, 15) is 9.59 Å². The van der Waals surface area contributed by atoms with Gasteiger partial charge < -0.3 is 21.3 Å². The molecule has 2 aliphatic heterocycles. The number of hydrogen-bond donors (Lipinski definition) is 2. The van der Waals surface area contributed by atoms with Crippen molar-refractivity contribution < 1.29 is 9.59 Å². The Morgan fingerprint density at radius 2 is 1.76 bits per heavy atom. The Bertz CT molecular complexity index is 748. The van der Waals surface area contributed by atoms with Crippen molar-refractivity contribution in [3.63, 3.8) is 0 Å². The number of amides is 2. The van der Waals surface area contributed by atoms with E-state index in [4.69, 9.17) is 11.5 Å². The van der Waals surface area contributed by atoms with Gasteiger partial charge in [-0.2, -0.15) is 0 Å². The number of nitrogens with zero attached hydrogens (tertiary/aromatic N) is 3. The standard InChI is InChI=1S/C18H23N5O2/c1-12-10-13(2-3-15(12)20)17(24)22-6-8-23(9-7-22)18(25)16-11-14(19)4-5-21-16/h2-3,5,10-11,14H,4,6-9,19-20H2,1H3. The van der Waals surface area contributed by atoms with Crippen molar-refractivity contribution in [2.45, 2.75) is 19.4 Å². The van der Waals surface area contributed by atoms with Crippen LogP contribution in [0, 0.1) is 6.92 Å². The minimum atomic E-state index is -0.159. The van der Waals surface area contributed by atoms with Crippen molar-refractivity contribution in [2.75, 3.05) is 31.9 Å². The highest BCUT2D eigenvalue weighted by atomic mass is 16.2. The summed E-state index contributed by atoms with van der Waals surface area (Å²) in [5.74, 6) is -0.158. The molecule has 4 N–H and O–H groups in total. The minimum Gasteiger partial charge on any atom is -0.399 e. The van der Waals surface area contributed by atoms with Crippen LogP contribution < -0.4 is 11.5 Å². The van der Waals surface area contributed by atoms with E-state index in [-0.39, 0.29) is 17.9 Å². The third kappa shape index (κ3) is 3.71. The number of nitrogens with two attached hydrogens (primary N) is 2. The maximum Gasteiger partial charge on any atom is 0.272 e. The molecule has 0 radical (unpaired) electrons. The lowest BCUT2D eigenvalue weighted by molar-refractivity contribution is -0.128. The number of rotatable bonds is 2. The Hall–Kier alpha value is -2.67. The summed E-state index contributed by atoms with van der Waals surface area (Å²) in [7, 11) is 0. The second-order valence-corrected chi connectivity index (χ2v) is 6.42. The maximum atomic E-state index is 12.6. The van der Waals surface area contributed by atoms with E-state index in [1.54, 1.807) is 40.3 Å². The molecule has 25 heavy (non-hydrogen) atoms. The first-order valence-electron chi connectivity index (χ1n) is 8.40. The molecular formula is C18H23N5O2. The Morgan fingerprint density at radius 3 is 2.36 bits per heavy atom. The summed E-state index contributed by atoms with van der Waals surface area (Å²) in [6.45, 7) is 3.85. The third-order valence-electron chi connectivity index (χ3n) is 4.57. The lowest BCUT2D eigenvalue weighted by Crippen LogP contribution is -2.51. The van der Waals surface area contributed by atoms with Crippen molar-refractivity contribution in [3.8, 4) is 0 Å². The molecule has 2 aliphatic rings. The Morgan fingerprint density at radius 1 is 1.12 bits per heavy atom. The van der Waals surface area contributed by atoms with E-state index in [1.807, 2.05) is 6.92 Å². The summed E-state index contributed by atoms with van der Waals surface area (Å²) in [5.41, 5.74) is 14.2. The van der Waals surface area contributed by atoms with Gasteiger partial charge in [0.05, 0.1) is 0 Å². The summed E-state index contributed by atoms with van der Waals surface area (Å²) in [4.78, 5) is 32.7. The molecule has 1 unspecified atom stereocenters. The highest BCUT2D eigenvalue weighted by Gasteiger charge is 2.27. The predicted molar refractivity (Wildman–Crippen MR) is 97.2 cm³/mol. The average Bonchev–Trinajstić information content (AvgIpc) is 2.63. The molecule has 132 valence electrons. The smallest absolute Gasteiger partial charge is 0.272 e. The lowest BCUT2D eigenvalue weighted by Gasteiger charge is -2.35. The molecule has 3 rings (SSSR count). The van der Waals surface area contributed by atoms with E-state index in [1.165, 1.54) is 0 Å². The van der Waals surface area contributed by atoms with Gasteiger partial charge in [0, 0.05) is 56.1 Å². The molecule has 2 heterocycles. The monoisotopic (exact) mass is 341 g/mol. The summed E-state index contributed by atoms with van der Waals surface area (Å²) in [5, 5.41) is 0. The normalized spacial score (nSPS) is 20.4. The van der Waals surface area contributed by atoms with E-state index in [2.05, 4.69) is 4.99 Å². The first-order valence-corrected chi connectivity index (χ1v) is 8.40. The van der Waals surface area contributed by atoms with Crippen molar-refractivity contribution in [1.82, 2.24) is 9.80 Å². The molecule has 0 saturated carbocycles. The van der Waals surface area contributed by atoms with Crippen LogP contribution in [0.1, 0.15) is 22.3 Å². The Balaban J connectivity index is 1.61. The predicted octanol–water partition coefficient (Wildman–Crippen LogP) is 0.547. The zero-order valence-electron chi connectivity index (χ0n) is 14.3. The van der Waals surface area contributed by atoms with E-state index in [0.29, 0.717) is 49.5 Å². The summed E-state index contributed by atoms with van der Waals surface area (Å²) >= 11 is 0.